The summed E-state index contributed by atoms with van der Waals surface area (Å²) in [6.07, 6.45) is 4.15. The van der Waals surface area contributed by atoms with Gasteiger partial charge in [0.25, 0.3) is 5.91 Å². The fourth-order valence-corrected chi connectivity index (χ4v) is 2.56. The van der Waals surface area contributed by atoms with E-state index in [4.69, 9.17) is 10.2 Å². The Bertz CT molecular complexity index is 1010. The van der Waals surface area contributed by atoms with E-state index in [0.29, 0.717) is 16.7 Å². The van der Waals surface area contributed by atoms with Crippen LogP contribution in [0.3, 0.4) is 0 Å². The number of carboxylic acid groups (broad SMARTS) is 1. The van der Waals surface area contributed by atoms with Gasteiger partial charge in [-0.3, -0.25) is 4.79 Å². The molecule has 26 heavy (non-hydrogen) atoms. The highest BCUT2D eigenvalue weighted by molar-refractivity contribution is 6.18. The molecule has 0 aliphatic heterocycles. The minimum Gasteiger partial charge on any atom is -0.478 e. The molecule has 2 heterocycles. The molecule has 1 amide bonds. The normalized spacial score (nSPS) is 11.5. The molecule has 8 heteroatoms. The molecule has 3 rings (SSSR count). The van der Waals surface area contributed by atoms with Gasteiger partial charge in [0.1, 0.15) is 16.9 Å². The smallest absolute Gasteiger partial charge is 0.339 e. The number of carbonyl (C=O) groups is 2. The van der Waals surface area contributed by atoms with Crippen molar-refractivity contribution >= 4 is 28.4 Å². The second kappa shape index (κ2) is 7.06. The third-order valence-electron chi connectivity index (χ3n) is 3.80. The fraction of sp³-hybridized carbons (Fsp3) is 0.111. The van der Waals surface area contributed by atoms with Crippen LogP contribution in [-0.4, -0.2) is 27.0 Å². The summed E-state index contributed by atoms with van der Waals surface area (Å²) in [5, 5.41) is 12.7. The van der Waals surface area contributed by atoms with E-state index in [2.05, 4.69) is 15.3 Å². The average molecular weight is 352 g/mol. The summed E-state index contributed by atoms with van der Waals surface area (Å²) in [6.45, 7) is 1.76. The first-order valence-corrected chi connectivity index (χ1v) is 7.74. The minimum atomic E-state index is -1.06. The molecule has 0 atom stereocenters. The molecule has 0 fully saturated rings. The van der Waals surface area contributed by atoms with Crippen molar-refractivity contribution in [2.24, 2.45) is 5.73 Å². The maximum atomic E-state index is 12.3. The molecule has 2 aromatic heterocycles. The Balaban J connectivity index is 1.81. The molecule has 0 aliphatic carbocycles. The first-order chi connectivity index (χ1) is 12.5. The molecule has 0 radical (unpaired) electrons. The first kappa shape index (κ1) is 17.2. The van der Waals surface area contributed by atoms with Gasteiger partial charge >= 0.3 is 5.97 Å². The number of hydrogen-bond donors (Lipinski definition) is 3. The lowest BCUT2D eigenvalue weighted by Crippen LogP contribution is -2.25. The van der Waals surface area contributed by atoms with E-state index in [1.165, 1.54) is 12.4 Å². The van der Waals surface area contributed by atoms with Gasteiger partial charge < -0.3 is 20.6 Å². The minimum absolute atomic E-state index is 0.0653. The number of benzene rings is 1. The lowest BCUT2D eigenvalue weighted by Gasteiger charge is -2.05. The number of carbonyl (C=O) groups excluding carboxylic acids is 1. The molecule has 8 nitrogen and oxygen atoms in total. The number of nitrogens with one attached hydrogen (secondary N) is 1. The number of furan rings is 1. The Morgan fingerprint density at radius 3 is 2.69 bits per heavy atom. The lowest BCUT2D eigenvalue weighted by atomic mass is 10.1. The molecule has 0 bridgehead atoms. The van der Waals surface area contributed by atoms with E-state index in [-0.39, 0.29) is 29.1 Å². The Morgan fingerprint density at radius 1 is 1.31 bits per heavy atom. The van der Waals surface area contributed by atoms with Gasteiger partial charge in [-0.05, 0) is 24.6 Å². The number of hydrogen-bond acceptors (Lipinski definition) is 6. The van der Waals surface area contributed by atoms with Crippen LogP contribution < -0.4 is 11.1 Å². The summed E-state index contributed by atoms with van der Waals surface area (Å²) in [5.41, 5.74) is 6.64. The predicted octanol–water partition coefficient (Wildman–Crippen LogP) is 1.85. The van der Waals surface area contributed by atoms with Crippen LogP contribution in [0.5, 0.6) is 0 Å². The largest absolute Gasteiger partial charge is 0.478 e. The molecule has 1 aromatic carbocycles. The average Bonchev–Trinajstić information content (AvgIpc) is 3.04. The van der Waals surface area contributed by atoms with E-state index in [9.17, 15) is 14.7 Å². The summed E-state index contributed by atoms with van der Waals surface area (Å²) in [5.74, 6) is -0.894. The summed E-state index contributed by atoms with van der Waals surface area (Å²) < 4.78 is 5.63. The zero-order valence-corrected chi connectivity index (χ0v) is 13.9. The zero-order chi connectivity index (χ0) is 18.7. The molecule has 0 spiro atoms. The topological polar surface area (TPSA) is 131 Å². The van der Waals surface area contributed by atoms with E-state index in [1.807, 2.05) is 0 Å². The van der Waals surface area contributed by atoms with Crippen molar-refractivity contribution in [3.8, 4) is 0 Å². The number of nitrogens with zero attached hydrogens (tertiary/aromatic N) is 2. The monoisotopic (exact) mass is 352 g/mol. The number of carboxylic acids is 1. The van der Waals surface area contributed by atoms with Crippen LogP contribution in [-0.2, 0) is 11.3 Å². The Labute approximate surface area is 148 Å². The van der Waals surface area contributed by atoms with Crippen molar-refractivity contribution in [2.45, 2.75) is 13.5 Å². The number of aryl methyl sites for hydroxylation is 1. The fourth-order valence-electron chi connectivity index (χ4n) is 2.56. The van der Waals surface area contributed by atoms with E-state index >= 15 is 0 Å². The third-order valence-corrected chi connectivity index (χ3v) is 3.80. The summed E-state index contributed by atoms with van der Waals surface area (Å²) in [7, 11) is 0. The molecule has 0 saturated carbocycles. The standard InChI is InChI=1S/C18H16N4O4/c1-10-3-4-11-7-12(26-15(11)14(10)18(24)25)9-22-17(23)13(8-19)16-20-5-2-6-21-16/h2-8H,9,19H2,1H3,(H,22,23)(H,24,25)/b13-8+. The van der Waals surface area contributed by atoms with Gasteiger partial charge in [0.15, 0.2) is 5.82 Å². The molecular formula is C18H16N4O4. The van der Waals surface area contributed by atoms with Gasteiger partial charge in [-0.2, -0.15) is 0 Å². The molecule has 4 N–H and O–H groups in total. The Hall–Kier alpha value is -3.68. The van der Waals surface area contributed by atoms with Crippen LogP contribution in [0.2, 0.25) is 0 Å². The van der Waals surface area contributed by atoms with Gasteiger partial charge in [0, 0.05) is 24.0 Å². The summed E-state index contributed by atoms with van der Waals surface area (Å²) in [4.78, 5) is 31.7. The van der Waals surface area contributed by atoms with E-state index < -0.39 is 11.9 Å². The highest BCUT2D eigenvalue weighted by atomic mass is 16.4. The van der Waals surface area contributed by atoms with Crippen molar-refractivity contribution in [3.63, 3.8) is 0 Å². The van der Waals surface area contributed by atoms with Gasteiger partial charge in [0.2, 0.25) is 0 Å². The molecule has 0 saturated heterocycles. The number of aromatic nitrogens is 2. The molecule has 3 aromatic rings. The Kier molecular flexibility index (Phi) is 4.66. The highest BCUT2D eigenvalue weighted by Crippen LogP contribution is 2.26. The maximum absolute atomic E-state index is 12.3. The molecular weight excluding hydrogens is 336 g/mol. The molecule has 0 aliphatic rings. The quantitative estimate of drug-likeness (QED) is 0.597. The van der Waals surface area contributed by atoms with Crippen molar-refractivity contribution in [2.75, 3.05) is 0 Å². The van der Waals surface area contributed by atoms with Crippen molar-refractivity contribution in [3.05, 3.63) is 65.6 Å². The number of amides is 1. The second-order valence-corrected chi connectivity index (χ2v) is 5.53. The van der Waals surface area contributed by atoms with Crippen LogP contribution >= 0.6 is 0 Å². The van der Waals surface area contributed by atoms with Crippen LogP contribution in [0.25, 0.3) is 16.5 Å². The van der Waals surface area contributed by atoms with E-state index in [1.54, 1.807) is 31.2 Å². The number of fused-ring (bicyclic) bond motifs is 1. The second-order valence-electron chi connectivity index (χ2n) is 5.53. The van der Waals surface area contributed by atoms with E-state index in [0.717, 1.165) is 6.20 Å². The molecule has 0 unspecified atom stereocenters. The van der Waals surface area contributed by atoms with Crippen LogP contribution in [0.1, 0.15) is 27.5 Å². The SMILES string of the molecule is Cc1ccc2cc(CNC(=O)/C(=C/N)c3ncccn3)oc2c1C(=O)O. The van der Waals surface area contributed by atoms with Crippen LogP contribution in [0, 0.1) is 6.92 Å². The van der Waals surface area contributed by atoms with Crippen molar-refractivity contribution < 1.29 is 19.1 Å². The Morgan fingerprint density at radius 2 is 2.04 bits per heavy atom. The number of aromatic carboxylic acids is 1. The van der Waals surface area contributed by atoms with Gasteiger partial charge in [-0.25, -0.2) is 14.8 Å². The zero-order valence-electron chi connectivity index (χ0n) is 13.9. The van der Waals surface area contributed by atoms with Gasteiger partial charge in [0.05, 0.1) is 12.1 Å². The van der Waals surface area contributed by atoms with Crippen LogP contribution in [0.15, 0.2) is 47.3 Å². The predicted molar refractivity (Wildman–Crippen MR) is 94.0 cm³/mol. The van der Waals surface area contributed by atoms with Crippen molar-refractivity contribution in [1.82, 2.24) is 15.3 Å². The highest BCUT2D eigenvalue weighted by Gasteiger charge is 2.18. The maximum Gasteiger partial charge on any atom is 0.339 e. The number of nitrogens with two attached hydrogens (primary N) is 1. The molecule has 132 valence electrons. The van der Waals surface area contributed by atoms with Crippen molar-refractivity contribution in [1.29, 1.82) is 0 Å². The first-order valence-electron chi connectivity index (χ1n) is 7.74. The van der Waals surface area contributed by atoms with Gasteiger partial charge in [-0.1, -0.05) is 12.1 Å². The third kappa shape index (κ3) is 3.25. The summed E-state index contributed by atoms with van der Waals surface area (Å²) in [6, 6.07) is 6.80. The lowest BCUT2D eigenvalue weighted by molar-refractivity contribution is -0.115. The summed E-state index contributed by atoms with van der Waals surface area (Å²) >= 11 is 0. The number of rotatable bonds is 5. The van der Waals surface area contributed by atoms with Crippen LogP contribution in [0.4, 0.5) is 0 Å². The van der Waals surface area contributed by atoms with Gasteiger partial charge in [-0.15, -0.1) is 0 Å².